The number of rotatable bonds is 6. The summed E-state index contributed by atoms with van der Waals surface area (Å²) >= 11 is 0. The van der Waals surface area contributed by atoms with Crippen LogP contribution in [0.15, 0.2) is 72.8 Å². The first-order valence-corrected chi connectivity index (χ1v) is 11.3. The Bertz CT molecular complexity index is 1030. The van der Waals surface area contributed by atoms with Gasteiger partial charge in [-0.1, -0.05) is 66.7 Å². The van der Waals surface area contributed by atoms with Crippen LogP contribution < -0.4 is 4.90 Å². The minimum atomic E-state index is -0.0305. The lowest BCUT2D eigenvalue weighted by molar-refractivity contribution is -0.134. The molecule has 0 aliphatic carbocycles. The Balaban J connectivity index is 1.37. The normalized spacial score (nSPS) is 14.5. The van der Waals surface area contributed by atoms with Gasteiger partial charge in [-0.3, -0.25) is 9.59 Å². The maximum absolute atomic E-state index is 13.4. The van der Waals surface area contributed by atoms with Crippen molar-refractivity contribution in [2.75, 3.05) is 24.5 Å². The minimum absolute atomic E-state index is 0.0305. The highest BCUT2D eigenvalue weighted by Gasteiger charge is 2.30. The van der Waals surface area contributed by atoms with E-state index in [-0.39, 0.29) is 17.7 Å². The molecule has 3 aromatic carbocycles. The van der Waals surface area contributed by atoms with Crippen LogP contribution in [0.3, 0.4) is 0 Å². The zero-order valence-corrected chi connectivity index (χ0v) is 18.2. The smallest absolute Gasteiger partial charge is 0.230 e. The van der Waals surface area contributed by atoms with E-state index >= 15 is 0 Å². The quantitative estimate of drug-likeness (QED) is 0.565. The Labute approximate surface area is 184 Å². The maximum Gasteiger partial charge on any atom is 0.230 e. The van der Waals surface area contributed by atoms with E-state index in [1.165, 1.54) is 5.56 Å². The van der Waals surface area contributed by atoms with Crippen LogP contribution in [0, 0.1) is 5.92 Å². The summed E-state index contributed by atoms with van der Waals surface area (Å²) in [6.45, 7) is 4.00. The van der Waals surface area contributed by atoms with E-state index in [1.54, 1.807) is 0 Å². The number of anilines is 1. The number of nitrogens with zero attached hydrogens (tertiary/aromatic N) is 2. The topological polar surface area (TPSA) is 40.6 Å². The standard InChI is InChI=1S/C27H30N2O2/c1-2-29(25-14-8-12-22-11-6-7-13-24(22)25)27(31)23-17-19-28(20-18-23)26(30)16-15-21-9-4-3-5-10-21/h3-14,23H,2,15-20H2,1H3. The molecule has 31 heavy (non-hydrogen) atoms. The van der Waals surface area contributed by atoms with Crippen molar-refractivity contribution in [2.24, 2.45) is 5.92 Å². The van der Waals surface area contributed by atoms with Gasteiger partial charge in [-0.05, 0) is 43.2 Å². The fraction of sp³-hybridized carbons (Fsp3) is 0.333. The summed E-state index contributed by atoms with van der Waals surface area (Å²) in [6, 6.07) is 24.5. The van der Waals surface area contributed by atoms with Gasteiger partial charge < -0.3 is 9.80 Å². The second-order valence-corrected chi connectivity index (χ2v) is 8.22. The average molecular weight is 415 g/mol. The summed E-state index contributed by atoms with van der Waals surface area (Å²) in [7, 11) is 0. The molecular formula is C27H30N2O2. The predicted molar refractivity (Wildman–Crippen MR) is 126 cm³/mol. The van der Waals surface area contributed by atoms with E-state index in [2.05, 4.69) is 30.3 Å². The Morgan fingerprint density at radius 3 is 2.32 bits per heavy atom. The van der Waals surface area contributed by atoms with Gasteiger partial charge in [0.2, 0.25) is 11.8 Å². The number of benzene rings is 3. The summed E-state index contributed by atoms with van der Waals surface area (Å²) in [5.41, 5.74) is 2.17. The lowest BCUT2D eigenvalue weighted by Crippen LogP contribution is -2.44. The number of hydrogen-bond acceptors (Lipinski definition) is 2. The highest BCUT2D eigenvalue weighted by Crippen LogP contribution is 2.30. The molecule has 0 N–H and O–H groups in total. The maximum atomic E-state index is 13.4. The SMILES string of the molecule is CCN(C(=O)C1CCN(C(=O)CCc2ccccc2)CC1)c1cccc2ccccc12. The predicted octanol–water partition coefficient (Wildman–Crippen LogP) is 5.06. The van der Waals surface area contributed by atoms with Gasteiger partial charge in [-0.25, -0.2) is 0 Å². The van der Waals surface area contributed by atoms with Gasteiger partial charge in [-0.15, -0.1) is 0 Å². The molecule has 4 rings (SSSR count). The van der Waals surface area contributed by atoms with Gasteiger partial charge in [0, 0.05) is 37.4 Å². The number of carbonyl (C=O) groups excluding carboxylic acids is 2. The zero-order chi connectivity index (χ0) is 21.6. The van der Waals surface area contributed by atoms with Crippen LogP contribution in [0.2, 0.25) is 0 Å². The van der Waals surface area contributed by atoms with Crippen molar-refractivity contribution >= 4 is 28.3 Å². The van der Waals surface area contributed by atoms with Crippen molar-refractivity contribution < 1.29 is 9.59 Å². The van der Waals surface area contributed by atoms with Crippen molar-refractivity contribution in [1.29, 1.82) is 0 Å². The molecule has 0 atom stereocenters. The molecule has 4 nitrogen and oxygen atoms in total. The average Bonchev–Trinajstić information content (AvgIpc) is 2.84. The highest BCUT2D eigenvalue weighted by molar-refractivity contribution is 6.04. The second kappa shape index (κ2) is 9.78. The van der Waals surface area contributed by atoms with Crippen LogP contribution in [0.25, 0.3) is 10.8 Å². The molecule has 1 fully saturated rings. The molecule has 0 aromatic heterocycles. The van der Waals surface area contributed by atoms with E-state index in [9.17, 15) is 9.59 Å². The molecular weight excluding hydrogens is 384 g/mol. The Hall–Kier alpha value is -3.14. The van der Waals surface area contributed by atoms with Gasteiger partial charge in [0.1, 0.15) is 0 Å². The van der Waals surface area contributed by atoms with Gasteiger partial charge in [0.15, 0.2) is 0 Å². The van der Waals surface area contributed by atoms with Crippen molar-refractivity contribution in [3.63, 3.8) is 0 Å². The Morgan fingerprint density at radius 2 is 1.58 bits per heavy atom. The van der Waals surface area contributed by atoms with Crippen molar-refractivity contribution in [3.8, 4) is 0 Å². The lowest BCUT2D eigenvalue weighted by atomic mass is 9.94. The molecule has 0 spiro atoms. The van der Waals surface area contributed by atoms with E-state index in [4.69, 9.17) is 0 Å². The third kappa shape index (κ3) is 4.79. The summed E-state index contributed by atoms with van der Waals surface area (Å²) in [5.74, 6) is 0.337. The fourth-order valence-corrected chi connectivity index (χ4v) is 4.54. The first kappa shape index (κ1) is 21.1. The van der Waals surface area contributed by atoms with Crippen LogP contribution >= 0.6 is 0 Å². The molecule has 0 saturated carbocycles. The van der Waals surface area contributed by atoms with Gasteiger partial charge in [0.05, 0.1) is 5.69 Å². The molecule has 4 heteroatoms. The number of aryl methyl sites for hydroxylation is 1. The van der Waals surface area contributed by atoms with Crippen LogP contribution in [-0.2, 0) is 16.0 Å². The second-order valence-electron chi connectivity index (χ2n) is 8.22. The molecule has 1 aliphatic rings. The molecule has 2 amide bonds. The van der Waals surface area contributed by atoms with Crippen molar-refractivity contribution in [3.05, 3.63) is 78.4 Å². The number of hydrogen-bond donors (Lipinski definition) is 0. The van der Waals surface area contributed by atoms with Crippen LogP contribution in [0.4, 0.5) is 5.69 Å². The summed E-state index contributed by atoms with van der Waals surface area (Å²) in [4.78, 5) is 29.9. The van der Waals surface area contributed by atoms with Crippen molar-refractivity contribution in [2.45, 2.75) is 32.6 Å². The largest absolute Gasteiger partial charge is 0.343 e. The number of piperidine rings is 1. The molecule has 3 aromatic rings. The van der Waals surface area contributed by atoms with Gasteiger partial charge in [-0.2, -0.15) is 0 Å². The first-order chi connectivity index (χ1) is 15.2. The monoisotopic (exact) mass is 414 g/mol. The number of fused-ring (bicyclic) bond motifs is 1. The Kier molecular flexibility index (Phi) is 6.66. The first-order valence-electron chi connectivity index (χ1n) is 11.3. The van der Waals surface area contributed by atoms with Crippen LogP contribution in [0.1, 0.15) is 31.7 Å². The van der Waals surface area contributed by atoms with Crippen LogP contribution in [0.5, 0.6) is 0 Å². The van der Waals surface area contributed by atoms with E-state index in [0.29, 0.717) is 26.1 Å². The summed E-state index contributed by atoms with van der Waals surface area (Å²) in [5, 5.41) is 2.25. The zero-order valence-electron chi connectivity index (χ0n) is 18.2. The van der Waals surface area contributed by atoms with Gasteiger partial charge >= 0.3 is 0 Å². The van der Waals surface area contributed by atoms with Gasteiger partial charge in [0.25, 0.3) is 0 Å². The molecule has 1 aliphatic heterocycles. The number of likely N-dealkylation sites (tertiary alicyclic amines) is 1. The van der Waals surface area contributed by atoms with Crippen LogP contribution in [-0.4, -0.2) is 36.3 Å². The third-order valence-electron chi connectivity index (χ3n) is 6.31. The summed E-state index contributed by atoms with van der Waals surface area (Å²) in [6.07, 6.45) is 2.76. The summed E-state index contributed by atoms with van der Waals surface area (Å²) < 4.78 is 0. The van der Waals surface area contributed by atoms with E-state index < -0.39 is 0 Å². The molecule has 1 saturated heterocycles. The minimum Gasteiger partial charge on any atom is -0.343 e. The molecule has 160 valence electrons. The molecule has 0 unspecified atom stereocenters. The van der Waals surface area contributed by atoms with Crippen molar-refractivity contribution in [1.82, 2.24) is 4.90 Å². The fourth-order valence-electron chi connectivity index (χ4n) is 4.54. The molecule has 1 heterocycles. The molecule has 0 bridgehead atoms. The number of carbonyl (C=O) groups is 2. The Morgan fingerprint density at radius 1 is 0.903 bits per heavy atom. The van der Waals surface area contributed by atoms with E-state index in [1.807, 2.05) is 59.2 Å². The number of amides is 2. The highest BCUT2D eigenvalue weighted by atomic mass is 16.2. The lowest BCUT2D eigenvalue weighted by Gasteiger charge is -2.34. The third-order valence-corrected chi connectivity index (χ3v) is 6.31. The van der Waals surface area contributed by atoms with E-state index in [0.717, 1.165) is 35.7 Å². The molecule has 0 radical (unpaired) electrons.